The lowest BCUT2D eigenvalue weighted by molar-refractivity contribution is -0.135. The summed E-state index contributed by atoms with van der Waals surface area (Å²) in [7, 11) is 2.00. The maximum Gasteiger partial charge on any atom is 0.323 e. The summed E-state index contributed by atoms with van der Waals surface area (Å²) in [6.45, 7) is 1.61. The Morgan fingerprint density at radius 1 is 1.47 bits per heavy atom. The van der Waals surface area contributed by atoms with Crippen LogP contribution in [0.3, 0.4) is 0 Å². The zero-order valence-corrected chi connectivity index (χ0v) is 10.4. The molecule has 17 heavy (non-hydrogen) atoms. The Morgan fingerprint density at radius 3 is 2.94 bits per heavy atom. The van der Waals surface area contributed by atoms with Crippen molar-refractivity contribution >= 4 is 28.9 Å². The third-order valence-electron chi connectivity index (χ3n) is 2.94. The van der Waals surface area contributed by atoms with E-state index in [1.54, 1.807) is 6.07 Å². The van der Waals surface area contributed by atoms with Gasteiger partial charge in [0, 0.05) is 20.1 Å². The van der Waals surface area contributed by atoms with E-state index in [0.717, 1.165) is 24.3 Å². The molecular weight excluding hydrogens is 240 g/mol. The first-order chi connectivity index (χ1) is 8.09. The molecule has 0 spiro atoms. The number of aliphatic carboxylic acids is 1. The van der Waals surface area contributed by atoms with E-state index in [0.29, 0.717) is 11.6 Å². The van der Waals surface area contributed by atoms with E-state index in [-0.39, 0.29) is 6.54 Å². The van der Waals surface area contributed by atoms with E-state index in [9.17, 15) is 4.79 Å². The smallest absolute Gasteiger partial charge is 0.323 e. The molecule has 1 N–H and O–H groups in total. The molecule has 5 heteroatoms. The van der Waals surface area contributed by atoms with E-state index in [4.69, 9.17) is 16.7 Å². The minimum Gasteiger partial charge on any atom is -0.480 e. The van der Waals surface area contributed by atoms with Gasteiger partial charge in [0.25, 0.3) is 0 Å². The van der Waals surface area contributed by atoms with E-state index in [1.807, 2.05) is 24.1 Å². The standard InChI is InChI=1S/C12H15ClN2O2/c1-14-6-3-7-15(8-11(16)17)12-9(13)4-2-5-10(12)14/h2,4-5H,3,6-8H2,1H3,(H,16,17). The molecule has 1 heterocycles. The molecule has 0 aliphatic carbocycles. The molecule has 92 valence electrons. The maximum atomic E-state index is 10.9. The highest BCUT2D eigenvalue weighted by Crippen LogP contribution is 2.37. The zero-order chi connectivity index (χ0) is 12.4. The molecule has 0 amide bonds. The van der Waals surface area contributed by atoms with Crippen molar-refractivity contribution < 1.29 is 9.90 Å². The number of benzene rings is 1. The van der Waals surface area contributed by atoms with Crippen LogP contribution in [0, 0.1) is 0 Å². The molecule has 2 rings (SSSR count). The number of anilines is 2. The summed E-state index contributed by atoms with van der Waals surface area (Å²) >= 11 is 6.20. The lowest BCUT2D eigenvalue weighted by Crippen LogP contribution is -2.30. The van der Waals surface area contributed by atoms with Gasteiger partial charge in [0.05, 0.1) is 16.4 Å². The molecule has 0 fully saturated rings. The SMILES string of the molecule is CN1CCCN(CC(=O)O)c2c(Cl)cccc21. The number of carboxylic acid groups (broad SMARTS) is 1. The van der Waals surface area contributed by atoms with Crippen molar-refractivity contribution in [3.63, 3.8) is 0 Å². The van der Waals surface area contributed by atoms with Gasteiger partial charge in [0.2, 0.25) is 0 Å². The third kappa shape index (κ3) is 2.47. The fourth-order valence-corrected chi connectivity index (χ4v) is 2.47. The average Bonchev–Trinajstić information content (AvgIpc) is 2.40. The van der Waals surface area contributed by atoms with Crippen LogP contribution in [0.2, 0.25) is 5.02 Å². The van der Waals surface area contributed by atoms with Crippen LogP contribution < -0.4 is 9.80 Å². The Bertz CT molecular complexity index is 437. The monoisotopic (exact) mass is 254 g/mol. The second kappa shape index (κ2) is 4.84. The van der Waals surface area contributed by atoms with Crippen LogP contribution in [-0.4, -0.2) is 37.8 Å². The summed E-state index contributed by atoms with van der Waals surface area (Å²) in [6, 6.07) is 5.66. The predicted molar refractivity (Wildman–Crippen MR) is 69.2 cm³/mol. The topological polar surface area (TPSA) is 43.8 Å². The highest BCUT2D eigenvalue weighted by molar-refractivity contribution is 6.34. The second-order valence-electron chi connectivity index (χ2n) is 4.20. The van der Waals surface area contributed by atoms with Crippen LogP contribution in [0.1, 0.15) is 6.42 Å². The first-order valence-electron chi connectivity index (χ1n) is 5.56. The number of fused-ring (bicyclic) bond motifs is 1. The van der Waals surface area contributed by atoms with Crippen LogP contribution in [0.4, 0.5) is 11.4 Å². The van der Waals surface area contributed by atoms with Gasteiger partial charge in [-0.2, -0.15) is 0 Å². The van der Waals surface area contributed by atoms with Crippen molar-refractivity contribution in [3.8, 4) is 0 Å². The molecule has 0 saturated heterocycles. The fraction of sp³-hybridized carbons (Fsp3) is 0.417. The van der Waals surface area contributed by atoms with Crippen molar-refractivity contribution in [2.45, 2.75) is 6.42 Å². The molecule has 0 radical (unpaired) electrons. The molecule has 0 bridgehead atoms. The molecule has 0 saturated carbocycles. The molecular formula is C12H15ClN2O2. The van der Waals surface area contributed by atoms with E-state index < -0.39 is 5.97 Å². The average molecular weight is 255 g/mol. The number of carbonyl (C=O) groups is 1. The zero-order valence-electron chi connectivity index (χ0n) is 9.69. The molecule has 1 aliphatic rings. The first kappa shape index (κ1) is 12.0. The Hall–Kier alpha value is -1.42. The predicted octanol–water partition coefficient (Wildman–Crippen LogP) is 2.07. The van der Waals surface area contributed by atoms with Gasteiger partial charge >= 0.3 is 5.97 Å². The van der Waals surface area contributed by atoms with Crippen LogP contribution in [0.5, 0.6) is 0 Å². The van der Waals surface area contributed by atoms with Crippen LogP contribution in [0.25, 0.3) is 0 Å². The minimum atomic E-state index is -0.833. The normalized spacial score (nSPS) is 15.4. The first-order valence-corrected chi connectivity index (χ1v) is 5.94. The number of nitrogens with zero attached hydrogens (tertiary/aromatic N) is 2. The van der Waals surface area contributed by atoms with E-state index in [2.05, 4.69) is 4.90 Å². The number of halogens is 1. The lowest BCUT2D eigenvalue weighted by Gasteiger charge is -2.25. The number of rotatable bonds is 2. The molecule has 0 aromatic heterocycles. The van der Waals surface area contributed by atoms with Gasteiger partial charge in [-0.3, -0.25) is 4.79 Å². The molecule has 0 unspecified atom stereocenters. The molecule has 1 aromatic rings. The summed E-state index contributed by atoms with van der Waals surface area (Å²) in [5.41, 5.74) is 1.83. The number of carboxylic acids is 1. The number of hydrogen-bond acceptors (Lipinski definition) is 3. The van der Waals surface area contributed by atoms with Crippen LogP contribution in [0.15, 0.2) is 18.2 Å². The quantitative estimate of drug-likeness (QED) is 0.878. The molecule has 1 aromatic carbocycles. The van der Waals surface area contributed by atoms with Gasteiger partial charge in [0.15, 0.2) is 0 Å². The van der Waals surface area contributed by atoms with Gasteiger partial charge in [-0.25, -0.2) is 0 Å². The van der Waals surface area contributed by atoms with Gasteiger partial charge in [-0.1, -0.05) is 17.7 Å². The Labute approximate surface area is 105 Å². The van der Waals surface area contributed by atoms with Crippen LogP contribution in [-0.2, 0) is 4.79 Å². The van der Waals surface area contributed by atoms with E-state index in [1.165, 1.54) is 0 Å². The largest absolute Gasteiger partial charge is 0.480 e. The highest BCUT2D eigenvalue weighted by atomic mass is 35.5. The Balaban J connectivity index is 2.45. The molecule has 0 atom stereocenters. The van der Waals surface area contributed by atoms with E-state index >= 15 is 0 Å². The maximum absolute atomic E-state index is 10.9. The van der Waals surface area contributed by atoms with Crippen molar-refractivity contribution in [1.82, 2.24) is 0 Å². The summed E-state index contributed by atoms with van der Waals surface area (Å²) in [5.74, 6) is -0.833. The van der Waals surface area contributed by atoms with Crippen molar-refractivity contribution in [2.24, 2.45) is 0 Å². The van der Waals surface area contributed by atoms with Crippen molar-refractivity contribution in [1.29, 1.82) is 0 Å². The highest BCUT2D eigenvalue weighted by Gasteiger charge is 2.22. The Kier molecular flexibility index (Phi) is 3.43. The lowest BCUT2D eigenvalue weighted by atomic mass is 10.2. The molecule has 1 aliphatic heterocycles. The summed E-state index contributed by atoms with van der Waals surface area (Å²) < 4.78 is 0. The number of hydrogen-bond donors (Lipinski definition) is 1. The molecule has 4 nitrogen and oxygen atoms in total. The summed E-state index contributed by atoms with van der Waals surface area (Å²) in [4.78, 5) is 14.8. The second-order valence-corrected chi connectivity index (χ2v) is 4.61. The minimum absolute atomic E-state index is 0.00935. The van der Waals surface area contributed by atoms with Gasteiger partial charge in [0.1, 0.15) is 6.54 Å². The van der Waals surface area contributed by atoms with Gasteiger partial charge in [-0.15, -0.1) is 0 Å². The third-order valence-corrected chi connectivity index (χ3v) is 3.25. The van der Waals surface area contributed by atoms with Gasteiger partial charge in [-0.05, 0) is 18.6 Å². The number of para-hydroxylation sites is 1. The summed E-state index contributed by atoms with van der Waals surface area (Å²) in [5, 5.41) is 9.55. The summed E-state index contributed by atoms with van der Waals surface area (Å²) in [6.07, 6.45) is 0.925. The van der Waals surface area contributed by atoms with Crippen molar-refractivity contribution in [2.75, 3.05) is 36.5 Å². The fourth-order valence-electron chi connectivity index (χ4n) is 2.18. The van der Waals surface area contributed by atoms with Crippen molar-refractivity contribution in [3.05, 3.63) is 23.2 Å². The van der Waals surface area contributed by atoms with Gasteiger partial charge < -0.3 is 14.9 Å². The van der Waals surface area contributed by atoms with Crippen LogP contribution >= 0.6 is 11.6 Å². The Morgan fingerprint density at radius 2 is 2.24 bits per heavy atom.